The summed E-state index contributed by atoms with van der Waals surface area (Å²) in [6.45, 7) is 4.55. The van der Waals surface area contributed by atoms with Crippen LogP contribution >= 0.6 is 0 Å². The normalized spacial score (nSPS) is 19.9. The van der Waals surface area contributed by atoms with Crippen LogP contribution in [0.2, 0.25) is 0 Å². The molecule has 0 spiro atoms. The van der Waals surface area contributed by atoms with Crippen LogP contribution in [0.3, 0.4) is 0 Å². The lowest BCUT2D eigenvalue weighted by Crippen LogP contribution is -2.39. The van der Waals surface area contributed by atoms with Crippen molar-refractivity contribution in [2.24, 2.45) is 7.05 Å². The van der Waals surface area contributed by atoms with Crippen LogP contribution in [-0.2, 0) is 7.05 Å². The highest BCUT2D eigenvalue weighted by Gasteiger charge is 2.34. The molecule has 118 valence electrons. The van der Waals surface area contributed by atoms with Crippen molar-refractivity contribution >= 4 is 11.5 Å². The first kappa shape index (κ1) is 15.8. The van der Waals surface area contributed by atoms with E-state index in [1.54, 1.807) is 11.7 Å². The van der Waals surface area contributed by atoms with Crippen molar-refractivity contribution in [2.75, 3.05) is 18.1 Å². The molecular weight excluding hydrogens is 272 g/mol. The van der Waals surface area contributed by atoms with E-state index in [0.29, 0.717) is 11.5 Å². The Bertz CT molecular complexity index is 513. The molecule has 0 amide bonds. The number of aryl methyl sites for hydroxylation is 1. The Labute approximate surface area is 124 Å². The van der Waals surface area contributed by atoms with Crippen molar-refractivity contribution in [1.82, 2.24) is 9.78 Å². The molecule has 1 aromatic rings. The molecule has 1 fully saturated rings. The number of aliphatic hydroxyl groups is 1. The highest BCUT2D eigenvalue weighted by Crippen LogP contribution is 2.37. The first-order valence-electron chi connectivity index (χ1n) is 7.56. The van der Waals surface area contributed by atoms with Gasteiger partial charge in [0.25, 0.3) is 0 Å². The van der Waals surface area contributed by atoms with E-state index in [4.69, 9.17) is 0 Å². The van der Waals surface area contributed by atoms with Gasteiger partial charge in [0.2, 0.25) is 5.82 Å². The van der Waals surface area contributed by atoms with Crippen LogP contribution in [0, 0.1) is 10.1 Å². The molecule has 1 aliphatic heterocycles. The molecule has 2 heterocycles. The molecule has 2 rings (SSSR count). The van der Waals surface area contributed by atoms with Gasteiger partial charge in [0.05, 0.1) is 17.6 Å². The quantitative estimate of drug-likeness (QED) is 0.680. The zero-order chi connectivity index (χ0) is 15.6. The number of aliphatic hydroxyl groups excluding tert-OH is 1. The van der Waals surface area contributed by atoms with Crippen molar-refractivity contribution in [3.8, 4) is 0 Å². The van der Waals surface area contributed by atoms with Crippen molar-refractivity contribution in [1.29, 1.82) is 0 Å². The van der Waals surface area contributed by atoms with Gasteiger partial charge in [-0.15, -0.1) is 0 Å². The van der Waals surface area contributed by atoms with Crippen molar-refractivity contribution in [3.05, 3.63) is 15.8 Å². The summed E-state index contributed by atoms with van der Waals surface area (Å²) in [5.74, 6) is 0.523. The summed E-state index contributed by atoms with van der Waals surface area (Å²) in [5, 5.41) is 25.5. The standard InChI is InChI=1S/C14H24N4O3/c1-10(2)12-13(18(20)21)14(16(3)15-12)17-8-6-4-5-7-11(17)9-19/h10-11,19H,4-9H2,1-3H3. The monoisotopic (exact) mass is 296 g/mol. The van der Waals surface area contributed by atoms with E-state index in [1.807, 2.05) is 18.7 Å². The molecule has 1 atom stereocenters. The highest BCUT2D eigenvalue weighted by atomic mass is 16.6. The fraction of sp³-hybridized carbons (Fsp3) is 0.786. The van der Waals surface area contributed by atoms with Crippen LogP contribution in [0.25, 0.3) is 0 Å². The number of aromatic nitrogens is 2. The number of hydrogen-bond acceptors (Lipinski definition) is 5. The summed E-state index contributed by atoms with van der Waals surface area (Å²) >= 11 is 0. The minimum absolute atomic E-state index is 0.00935. The van der Waals surface area contributed by atoms with Gasteiger partial charge >= 0.3 is 5.69 Å². The molecule has 1 saturated heterocycles. The molecule has 0 aliphatic carbocycles. The Morgan fingerprint density at radius 2 is 2.14 bits per heavy atom. The zero-order valence-electron chi connectivity index (χ0n) is 12.9. The van der Waals surface area contributed by atoms with Crippen molar-refractivity contribution in [2.45, 2.75) is 51.5 Å². The summed E-state index contributed by atoms with van der Waals surface area (Å²) < 4.78 is 1.60. The van der Waals surface area contributed by atoms with Crippen LogP contribution in [0.4, 0.5) is 11.5 Å². The SMILES string of the molecule is CC(C)c1nn(C)c(N2CCCCCC2CO)c1[N+](=O)[O-]. The Morgan fingerprint density at radius 3 is 2.71 bits per heavy atom. The molecule has 0 bridgehead atoms. The predicted molar refractivity (Wildman–Crippen MR) is 80.6 cm³/mol. The van der Waals surface area contributed by atoms with E-state index >= 15 is 0 Å². The van der Waals surface area contributed by atoms with Gasteiger partial charge in [-0.3, -0.25) is 10.1 Å². The minimum Gasteiger partial charge on any atom is -0.394 e. The van der Waals surface area contributed by atoms with E-state index in [1.165, 1.54) is 0 Å². The molecule has 7 nitrogen and oxygen atoms in total. The Morgan fingerprint density at radius 1 is 1.43 bits per heavy atom. The Hall–Kier alpha value is -1.63. The lowest BCUT2D eigenvalue weighted by molar-refractivity contribution is -0.385. The summed E-state index contributed by atoms with van der Waals surface area (Å²) in [7, 11) is 1.74. The first-order valence-corrected chi connectivity index (χ1v) is 7.56. The Kier molecular flexibility index (Phi) is 4.82. The van der Waals surface area contributed by atoms with Crippen LogP contribution in [0.5, 0.6) is 0 Å². The summed E-state index contributed by atoms with van der Waals surface area (Å²) in [6, 6.07) is -0.0680. The molecule has 0 radical (unpaired) electrons. The molecule has 21 heavy (non-hydrogen) atoms. The van der Waals surface area contributed by atoms with E-state index in [0.717, 1.165) is 32.2 Å². The van der Waals surface area contributed by atoms with E-state index in [9.17, 15) is 15.2 Å². The number of rotatable bonds is 4. The number of anilines is 1. The molecule has 1 aliphatic rings. The smallest absolute Gasteiger partial charge is 0.334 e. The highest BCUT2D eigenvalue weighted by molar-refractivity contribution is 5.63. The van der Waals surface area contributed by atoms with E-state index in [2.05, 4.69) is 5.10 Å². The molecular formula is C14H24N4O3. The van der Waals surface area contributed by atoms with Gasteiger partial charge in [0.1, 0.15) is 5.69 Å². The third-order valence-corrected chi connectivity index (χ3v) is 4.11. The van der Waals surface area contributed by atoms with Gasteiger partial charge in [-0.25, -0.2) is 4.68 Å². The average molecular weight is 296 g/mol. The summed E-state index contributed by atoms with van der Waals surface area (Å²) in [6.07, 6.45) is 3.98. The second-order valence-electron chi connectivity index (χ2n) is 5.97. The molecule has 1 N–H and O–H groups in total. The lowest BCUT2D eigenvalue weighted by Gasteiger charge is -2.29. The predicted octanol–water partition coefficient (Wildman–Crippen LogP) is 2.19. The third-order valence-electron chi connectivity index (χ3n) is 4.11. The van der Waals surface area contributed by atoms with Crippen LogP contribution in [-0.4, -0.2) is 39.0 Å². The molecule has 1 aromatic heterocycles. The van der Waals surface area contributed by atoms with Gasteiger partial charge in [-0.2, -0.15) is 5.10 Å². The zero-order valence-corrected chi connectivity index (χ0v) is 12.9. The molecule has 1 unspecified atom stereocenters. The average Bonchev–Trinajstić information content (AvgIpc) is 2.63. The molecule has 0 saturated carbocycles. The maximum atomic E-state index is 11.5. The number of nitro groups is 1. The van der Waals surface area contributed by atoms with Gasteiger partial charge in [0.15, 0.2) is 0 Å². The summed E-state index contributed by atoms with van der Waals surface area (Å²) in [4.78, 5) is 13.2. The Balaban J connectivity index is 2.52. The van der Waals surface area contributed by atoms with E-state index < -0.39 is 0 Å². The van der Waals surface area contributed by atoms with Gasteiger partial charge in [0, 0.05) is 19.5 Å². The van der Waals surface area contributed by atoms with Crippen molar-refractivity contribution in [3.63, 3.8) is 0 Å². The van der Waals surface area contributed by atoms with Crippen molar-refractivity contribution < 1.29 is 10.0 Å². The maximum Gasteiger partial charge on any atom is 0.334 e. The van der Waals surface area contributed by atoms with Gasteiger partial charge in [-0.1, -0.05) is 26.7 Å². The van der Waals surface area contributed by atoms with Gasteiger partial charge < -0.3 is 10.0 Å². The second kappa shape index (κ2) is 6.43. The third kappa shape index (κ3) is 3.02. The lowest BCUT2D eigenvalue weighted by atomic mass is 10.1. The second-order valence-corrected chi connectivity index (χ2v) is 5.97. The van der Waals surface area contributed by atoms with Crippen LogP contribution in [0.15, 0.2) is 0 Å². The van der Waals surface area contributed by atoms with E-state index in [-0.39, 0.29) is 29.2 Å². The van der Waals surface area contributed by atoms with Gasteiger partial charge in [-0.05, 0) is 12.8 Å². The molecule has 0 aromatic carbocycles. The fourth-order valence-corrected chi connectivity index (χ4v) is 3.06. The largest absolute Gasteiger partial charge is 0.394 e. The number of hydrogen-bond donors (Lipinski definition) is 1. The molecule has 7 heteroatoms. The number of nitrogens with zero attached hydrogens (tertiary/aromatic N) is 4. The minimum atomic E-state index is -0.336. The summed E-state index contributed by atoms with van der Waals surface area (Å²) in [5.41, 5.74) is 0.603. The van der Waals surface area contributed by atoms with Crippen LogP contribution in [0.1, 0.15) is 51.1 Å². The van der Waals surface area contributed by atoms with Crippen LogP contribution < -0.4 is 4.90 Å². The fourth-order valence-electron chi connectivity index (χ4n) is 3.06. The topological polar surface area (TPSA) is 84.4 Å². The first-order chi connectivity index (χ1) is 9.97. The maximum absolute atomic E-state index is 11.5.